The number of hydrogen-bond donors (Lipinski definition) is 1. The standard InChI is InChI=1S/C18H19BrF2N2O/c1-12(18(24)22-10-13-3-6-16(20)7-4-13)23(2)11-14-9-15(19)5-8-17(14)21/h3-9,12H,10-11H2,1-2H3,(H,22,24). The molecule has 0 spiro atoms. The minimum Gasteiger partial charge on any atom is -0.351 e. The first-order valence-electron chi connectivity index (χ1n) is 7.53. The molecule has 0 aromatic heterocycles. The molecule has 1 amide bonds. The maximum absolute atomic E-state index is 13.8. The summed E-state index contributed by atoms with van der Waals surface area (Å²) in [5.41, 5.74) is 1.34. The fraction of sp³-hybridized carbons (Fsp3) is 0.278. The molecule has 1 unspecified atom stereocenters. The number of halogens is 3. The van der Waals surface area contributed by atoms with E-state index in [-0.39, 0.29) is 17.5 Å². The van der Waals surface area contributed by atoms with Gasteiger partial charge in [0.2, 0.25) is 5.91 Å². The minimum atomic E-state index is -0.427. The first-order valence-corrected chi connectivity index (χ1v) is 8.32. The van der Waals surface area contributed by atoms with E-state index in [1.54, 1.807) is 43.1 Å². The van der Waals surface area contributed by atoms with Crippen molar-refractivity contribution in [2.24, 2.45) is 0 Å². The summed E-state index contributed by atoms with van der Waals surface area (Å²) >= 11 is 3.32. The van der Waals surface area contributed by atoms with Crippen LogP contribution < -0.4 is 5.32 Å². The highest BCUT2D eigenvalue weighted by atomic mass is 79.9. The third-order valence-electron chi connectivity index (χ3n) is 3.85. The van der Waals surface area contributed by atoms with E-state index < -0.39 is 6.04 Å². The van der Waals surface area contributed by atoms with Gasteiger partial charge in [0, 0.05) is 23.1 Å². The van der Waals surface area contributed by atoms with E-state index >= 15 is 0 Å². The van der Waals surface area contributed by atoms with Gasteiger partial charge >= 0.3 is 0 Å². The van der Waals surface area contributed by atoms with Crippen molar-refractivity contribution in [3.8, 4) is 0 Å². The lowest BCUT2D eigenvalue weighted by molar-refractivity contribution is -0.125. The average Bonchev–Trinajstić information content (AvgIpc) is 2.56. The van der Waals surface area contributed by atoms with Crippen LogP contribution in [0.15, 0.2) is 46.9 Å². The van der Waals surface area contributed by atoms with E-state index in [1.165, 1.54) is 18.2 Å². The second-order valence-corrected chi connectivity index (χ2v) is 6.59. The second kappa shape index (κ2) is 8.35. The number of nitrogens with one attached hydrogen (secondary N) is 1. The van der Waals surface area contributed by atoms with Crippen molar-refractivity contribution in [3.63, 3.8) is 0 Å². The molecule has 0 heterocycles. The smallest absolute Gasteiger partial charge is 0.237 e. The van der Waals surface area contributed by atoms with Crippen molar-refractivity contribution >= 4 is 21.8 Å². The Morgan fingerprint density at radius 3 is 2.54 bits per heavy atom. The van der Waals surface area contributed by atoms with Gasteiger partial charge in [-0.3, -0.25) is 9.69 Å². The van der Waals surface area contributed by atoms with Gasteiger partial charge < -0.3 is 5.32 Å². The number of carbonyl (C=O) groups is 1. The molecule has 0 aliphatic rings. The minimum absolute atomic E-state index is 0.169. The highest BCUT2D eigenvalue weighted by Gasteiger charge is 2.19. The van der Waals surface area contributed by atoms with Crippen LogP contribution in [0.25, 0.3) is 0 Å². The van der Waals surface area contributed by atoms with Crippen LogP contribution in [-0.4, -0.2) is 23.9 Å². The summed E-state index contributed by atoms with van der Waals surface area (Å²) in [6.07, 6.45) is 0. The number of hydrogen-bond acceptors (Lipinski definition) is 2. The van der Waals surface area contributed by atoms with E-state index in [0.29, 0.717) is 18.7 Å². The lowest BCUT2D eigenvalue weighted by Gasteiger charge is -2.24. The fourth-order valence-corrected chi connectivity index (χ4v) is 2.62. The largest absolute Gasteiger partial charge is 0.351 e. The highest BCUT2D eigenvalue weighted by Crippen LogP contribution is 2.17. The number of likely N-dealkylation sites (N-methyl/N-ethyl adjacent to an activating group) is 1. The van der Waals surface area contributed by atoms with Crippen molar-refractivity contribution in [2.75, 3.05) is 7.05 Å². The molecule has 0 bridgehead atoms. The molecule has 128 valence electrons. The van der Waals surface area contributed by atoms with Gasteiger partial charge in [-0.25, -0.2) is 8.78 Å². The molecule has 3 nitrogen and oxygen atoms in total. The number of benzene rings is 2. The molecule has 1 atom stereocenters. The van der Waals surface area contributed by atoms with Crippen molar-refractivity contribution in [2.45, 2.75) is 26.1 Å². The monoisotopic (exact) mass is 396 g/mol. The zero-order valence-electron chi connectivity index (χ0n) is 13.5. The van der Waals surface area contributed by atoms with Crippen LogP contribution in [0, 0.1) is 11.6 Å². The van der Waals surface area contributed by atoms with Gasteiger partial charge in [-0.1, -0.05) is 28.1 Å². The Labute approximate surface area is 148 Å². The van der Waals surface area contributed by atoms with Gasteiger partial charge in [0.15, 0.2) is 0 Å². The zero-order chi connectivity index (χ0) is 17.7. The van der Waals surface area contributed by atoms with E-state index in [1.807, 2.05) is 0 Å². The average molecular weight is 397 g/mol. The van der Waals surface area contributed by atoms with E-state index in [4.69, 9.17) is 0 Å². The molecule has 0 aliphatic heterocycles. The first-order chi connectivity index (χ1) is 11.4. The molecule has 0 aliphatic carbocycles. The summed E-state index contributed by atoms with van der Waals surface area (Å²) in [6, 6.07) is 10.3. The lowest BCUT2D eigenvalue weighted by atomic mass is 10.1. The maximum Gasteiger partial charge on any atom is 0.237 e. The predicted molar refractivity (Wildman–Crippen MR) is 93.3 cm³/mol. The van der Waals surface area contributed by atoms with Crippen LogP contribution in [0.1, 0.15) is 18.1 Å². The summed E-state index contributed by atoms with van der Waals surface area (Å²) in [6.45, 7) is 2.40. The summed E-state index contributed by atoms with van der Waals surface area (Å²) in [7, 11) is 1.77. The molecule has 24 heavy (non-hydrogen) atoms. The molecule has 0 saturated carbocycles. The Balaban J connectivity index is 1.91. The van der Waals surface area contributed by atoms with E-state index in [2.05, 4.69) is 21.2 Å². The molecular formula is C18H19BrF2N2O. The third-order valence-corrected chi connectivity index (χ3v) is 4.34. The first kappa shape index (κ1) is 18.5. The normalized spacial score (nSPS) is 12.2. The van der Waals surface area contributed by atoms with Gasteiger partial charge in [0.25, 0.3) is 0 Å². The summed E-state index contributed by atoms with van der Waals surface area (Å²) in [5.74, 6) is -0.782. The molecule has 2 aromatic rings. The van der Waals surface area contributed by atoms with E-state index in [9.17, 15) is 13.6 Å². The van der Waals surface area contributed by atoms with Crippen LogP contribution in [0.3, 0.4) is 0 Å². The van der Waals surface area contributed by atoms with Crippen LogP contribution in [0.2, 0.25) is 0 Å². The maximum atomic E-state index is 13.8. The molecule has 1 N–H and O–H groups in total. The molecule has 0 fully saturated rings. The molecule has 2 rings (SSSR count). The number of nitrogens with zero attached hydrogens (tertiary/aromatic N) is 1. The Morgan fingerprint density at radius 1 is 1.21 bits per heavy atom. The van der Waals surface area contributed by atoms with Crippen molar-refractivity contribution < 1.29 is 13.6 Å². The van der Waals surface area contributed by atoms with Crippen LogP contribution >= 0.6 is 15.9 Å². The van der Waals surface area contributed by atoms with Gasteiger partial charge in [0.05, 0.1) is 6.04 Å². The van der Waals surface area contributed by atoms with Gasteiger partial charge in [-0.05, 0) is 49.9 Å². The van der Waals surface area contributed by atoms with Crippen LogP contribution in [0.4, 0.5) is 8.78 Å². The van der Waals surface area contributed by atoms with Crippen molar-refractivity contribution in [1.82, 2.24) is 10.2 Å². The van der Waals surface area contributed by atoms with Gasteiger partial charge in [-0.15, -0.1) is 0 Å². The quantitative estimate of drug-likeness (QED) is 0.803. The summed E-state index contributed by atoms with van der Waals surface area (Å²) in [4.78, 5) is 14.0. The fourth-order valence-electron chi connectivity index (χ4n) is 2.21. The van der Waals surface area contributed by atoms with Gasteiger partial charge in [0.1, 0.15) is 11.6 Å². The highest BCUT2D eigenvalue weighted by molar-refractivity contribution is 9.10. The Morgan fingerprint density at radius 2 is 1.88 bits per heavy atom. The summed E-state index contributed by atoms with van der Waals surface area (Å²) in [5, 5.41) is 2.80. The van der Waals surface area contributed by atoms with E-state index in [0.717, 1.165) is 10.0 Å². The van der Waals surface area contributed by atoms with Gasteiger partial charge in [-0.2, -0.15) is 0 Å². The van der Waals surface area contributed by atoms with Crippen molar-refractivity contribution in [1.29, 1.82) is 0 Å². The summed E-state index contributed by atoms with van der Waals surface area (Å²) < 4.78 is 27.5. The lowest BCUT2D eigenvalue weighted by Crippen LogP contribution is -2.42. The molecule has 6 heteroatoms. The molecule has 2 aromatic carbocycles. The van der Waals surface area contributed by atoms with Crippen molar-refractivity contribution in [3.05, 3.63) is 69.7 Å². The van der Waals surface area contributed by atoms with Crippen LogP contribution in [0.5, 0.6) is 0 Å². The number of amides is 1. The number of rotatable bonds is 6. The topological polar surface area (TPSA) is 32.3 Å². The zero-order valence-corrected chi connectivity index (χ0v) is 15.1. The SMILES string of the molecule is CC(C(=O)NCc1ccc(F)cc1)N(C)Cc1cc(Br)ccc1F. The Hall–Kier alpha value is -1.79. The van der Waals surface area contributed by atoms with Crippen LogP contribution in [-0.2, 0) is 17.9 Å². The molecule has 0 saturated heterocycles. The molecular weight excluding hydrogens is 378 g/mol. The predicted octanol–water partition coefficient (Wildman–Crippen LogP) is 3.86. The Bertz CT molecular complexity index is 707. The molecule has 0 radical (unpaired) electrons. The second-order valence-electron chi connectivity index (χ2n) is 5.67. The number of carbonyl (C=O) groups excluding carboxylic acids is 1. The Kier molecular flexibility index (Phi) is 6.45. The third kappa shape index (κ3) is 5.11.